The molecule has 0 radical (unpaired) electrons. The van der Waals surface area contributed by atoms with Gasteiger partial charge in [0, 0.05) is 6.42 Å². The Morgan fingerprint density at radius 3 is 2.05 bits per heavy atom. The monoisotopic (exact) mass is 401 g/mol. The van der Waals surface area contributed by atoms with Crippen molar-refractivity contribution < 1.29 is 43.1 Å². The highest BCUT2D eigenvalue weighted by Crippen LogP contribution is 2.11. The normalized spacial score (nSPS) is 12.7. The number of ether oxygens (including phenoxy) is 1. The average Bonchev–Trinajstić information content (AvgIpc) is 2.29. The highest BCUT2D eigenvalue weighted by atomic mass is 127. The summed E-state index contributed by atoms with van der Waals surface area (Å²) in [7, 11) is 7.74. The maximum atomic E-state index is 10.9. The number of aliphatic hydroxyl groups excluding tert-OH is 1. The lowest BCUT2D eigenvalue weighted by Crippen LogP contribution is -3.00. The van der Waals surface area contributed by atoms with Gasteiger partial charge in [-0.2, -0.15) is 0 Å². The summed E-state index contributed by atoms with van der Waals surface area (Å²) in [6, 6.07) is 0. The van der Waals surface area contributed by atoms with Gasteiger partial charge in [0.25, 0.3) is 0 Å². The highest BCUT2D eigenvalue weighted by Gasteiger charge is 2.14. The molecule has 1 N–H and O–H groups in total. The molecule has 0 fully saturated rings. The Bertz CT molecular complexity index is 242. The zero-order valence-corrected chi connectivity index (χ0v) is 15.7. The zero-order valence-electron chi connectivity index (χ0n) is 13.5. The first-order valence-corrected chi connectivity index (χ1v) is 7.40. The molecular formula is C15H32INO3. The van der Waals surface area contributed by atoms with Crippen LogP contribution < -0.4 is 24.0 Å². The summed E-state index contributed by atoms with van der Waals surface area (Å²) in [5.41, 5.74) is 0. The number of aliphatic hydroxyl groups is 1. The summed E-state index contributed by atoms with van der Waals surface area (Å²) in [5, 5.41) is 9.85. The molecule has 0 heterocycles. The van der Waals surface area contributed by atoms with Gasteiger partial charge in [-0.25, -0.2) is 0 Å². The van der Waals surface area contributed by atoms with Gasteiger partial charge in [-0.1, -0.05) is 32.1 Å². The molecule has 20 heavy (non-hydrogen) atoms. The molecule has 0 aromatic heterocycles. The fraction of sp³-hybridized carbons (Fsp3) is 0.933. The van der Waals surface area contributed by atoms with E-state index in [-0.39, 0.29) is 36.0 Å². The Hall–Kier alpha value is 0.120. The molecule has 0 aliphatic carbocycles. The van der Waals surface area contributed by atoms with Crippen molar-refractivity contribution >= 4 is 5.97 Å². The molecule has 1 atom stereocenters. The van der Waals surface area contributed by atoms with Crippen LogP contribution in [0, 0.1) is 0 Å². The summed E-state index contributed by atoms with van der Waals surface area (Å²) in [4.78, 5) is 10.9. The molecular weight excluding hydrogens is 369 g/mol. The van der Waals surface area contributed by atoms with Crippen LogP contribution in [0.5, 0.6) is 0 Å². The minimum absolute atomic E-state index is 0. The van der Waals surface area contributed by atoms with Crippen LogP contribution in [-0.2, 0) is 9.53 Å². The van der Waals surface area contributed by atoms with Crippen LogP contribution in [-0.4, -0.2) is 56.5 Å². The van der Waals surface area contributed by atoms with Crippen LogP contribution in [0.1, 0.15) is 51.4 Å². The Morgan fingerprint density at radius 1 is 1.05 bits per heavy atom. The fourth-order valence-electron chi connectivity index (χ4n) is 2.18. The van der Waals surface area contributed by atoms with Crippen LogP contribution in [0.4, 0.5) is 0 Å². The second-order valence-corrected chi connectivity index (χ2v) is 6.36. The number of hydrogen-bond acceptors (Lipinski definition) is 3. The summed E-state index contributed by atoms with van der Waals surface area (Å²) in [6.07, 6.45) is 7.91. The number of likely N-dealkylation sites (N-methyl/N-ethyl adjacent to an activating group) is 1. The van der Waals surface area contributed by atoms with Gasteiger partial charge >= 0.3 is 5.97 Å². The molecule has 122 valence electrons. The molecule has 4 nitrogen and oxygen atoms in total. The van der Waals surface area contributed by atoms with Crippen LogP contribution in [0.15, 0.2) is 0 Å². The largest absolute Gasteiger partial charge is 1.00 e. The van der Waals surface area contributed by atoms with Crippen molar-refractivity contribution in [3.05, 3.63) is 0 Å². The number of carbonyl (C=O) groups excluding carboxylic acids is 1. The predicted octanol–water partition coefficient (Wildman–Crippen LogP) is -0.649. The van der Waals surface area contributed by atoms with E-state index in [4.69, 9.17) is 0 Å². The SMILES string of the molecule is COC(=O)CCCCCCCCC(O)C[N+](C)(C)C.[I-]. The third-order valence-electron chi connectivity index (χ3n) is 3.15. The van der Waals surface area contributed by atoms with Crippen LogP contribution in [0.25, 0.3) is 0 Å². The molecule has 5 heteroatoms. The number of methoxy groups -OCH3 is 1. The van der Waals surface area contributed by atoms with Crippen molar-refractivity contribution in [3.63, 3.8) is 0 Å². The number of esters is 1. The summed E-state index contributed by atoms with van der Waals surface area (Å²) < 4.78 is 5.41. The molecule has 0 rings (SSSR count). The number of halogens is 1. The van der Waals surface area contributed by atoms with Gasteiger partial charge in [0.1, 0.15) is 12.6 Å². The number of quaternary nitrogens is 1. The molecule has 0 aromatic rings. The van der Waals surface area contributed by atoms with Crippen molar-refractivity contribution in [1.82, 2.24) is 0 Å². The van der Waals surface area contributed by atoms with Crippen molar-refractivity contribution in [1.29, 1.82) is 0 Å². The van der Waals surface area contributed by atoms with Crippen LogP contribution >= 0.6 is 0 Å². The van der Waals surface area contributed by atoms with Gasteiger partial charge in [0.2, 0.25) is 0 Å². The van der Waals surface area contributed by atoms with Crippen molar-refractivity contribution in [2.45, 2.75) is 57.5 Å². The van der Waals surface area contributed by atoms with Crippen molar-refractivity contribution in [2.75, 3.05) is 34.8 Å². The van der Waals surface area contributed by atoms with Gasteiger partial charge in [-0.05, 0) is 12.8 Å². The molecule has 0 aromatic carbocycles. The van der Waals surface area contributed by atoms with Crippen molar-refractivity contribution in [2.24, 2.45) is 0 Å². The smallest absolute Gasteiger partial charge is 0.305 e. The van der Waals surface area contributed by atoms with E-state index in [0.29, 0.717) is 6.42 Å². The topological polar surface area (TPSA) is 46.5 Å². The minimum atomic E-state index is -0.181. The maximum Gasteiger partial charge on any atom is 0.305 e. The van der Waals surface area contributed by atoms with Crippen molar-refractivity contribution in [3.8, 4) is 0 Å². The van der Waals surface area contributed by atoms with Gasteiger partial charge < -0.3 is 38.3 Å². The van der Waals surface area contributed by atoms with Gasteiger partial charge in [0.15, 0.2) is 0 Å². The van der Waals surface area contributed by atoms with E-state index in [0.717, 1.165) is 36.7 Å². The van der Waals surface area contributed by atoms with Gasteiger partial charge in [-0.3, -0.25) is 4.79 Å². The minimum Gasteiger partial charge on any atom is -1.00 e. The fourth-order valence-corrected chi connectivity index (χ4v) is 2.18. The second kappa shape index (κ2) is 12.8. The quantitative estimate of drug-likeness (QED) is 0.217. The predicted molar refractivity (Wildman–Crippen MR) is 77.9 cm³/mol. The van der Waals surface area contributed by atoms with E-state index in [2.05, 4.69) is 25.9 Å². The second-order valence-electron chi connectivity index (χ2n) is 6.36. The Labute approximate surface area is 141 Å². The Morgan fingerprint density at radius 2 is 1.55 bits per heavy atom. The lowest BCUT2D eigenvalue weighted by molar-refractivity contribution is -0.873. The van der Waals surface area contributed by atoms with E-state index in [1.165, 1.54) is 26.4 Å². The number of hydrogen-bond donors (Lipinski definition) is 1. The third-order valence-corrected chi connectivity index (χ3v) is 3.15. The Balaban J connectivity index is 0. The summed E-state index contributed by atoms with van der Waals surface area (Å²) in [5.74, 6) is -0.108. The number of nitrogens with zero attached hydrogens (tertiary/aromatic N) is 1. The first kappa shape index (κ1) is 22.4. The molecule has 0 amide bonds. The molecule has 0 aliphatic heterocycles. The maximum absolute atomic E-state index is 10.9. The summed E-state index contributed by atoms with van der Waals surface area (Å²) >= 11 is 0. The summed E-state index contributed by atoms with van der Waals surface area (Å²) in [6.45, 7) is 0.819. The van der Waals surface area contributed by atoms with E-state index >= 15 is 0 Å². The average molecular weight is 401 g/mol. The zero-order chi connectivity index (χ0) is 14.7. The van der Waals surface area contributed by atoms with E-state index < -0.39 is 0 Å². The van der Waals surface area contributed by atoms with E-state index in [1.54, 1.807) is 0 Å². The van der Waals surface area contributed by atoms with E-state index in [1.807, 2.05) is 0 Å². The molecule has 1 unspecified atom stereocenters. The Kier molecular flexibility index (Phi) is 14.4. The molecule has 0 spiro atoms. The van der Waals surface area contributed by atoms with Crippen LogP contribution in [0.3, 0.4) is 0 Å². The lowest BCUT2D eigenvalue weighted by Gasteiger charge is -2.26. The van der Waals surface area contributed by atoms with Gasteiger partial charge in [0.05, 0.1) is 28.3 Å². The first-order chi connectivity index (χ1) is 8.85. The number of rotatable bonds is 11. The molecule has 0 aliphatic rings. The molecule has 0 bridgehead atoms. The standard InChI is InChI=1S/C15H32NO3.HI/c1-16(2,3)13-14(17)11-9-7-5-6-8-10-12-15(18)19-4;/h14,17H,5-13H2,1-4H3;1H/q+1;/p-1. The first-order valence-electron chi connectivity index (χ1n) is 7.40. The van der Waals surface area contributed by atoms with E-state index in [9.17, 15) is 9.90 Å². The molecule has 0 saturated carbocycles. The highest BCUT2D eigenvalue weighted by molar-refractivity contribution is 5.68. The third kappa shape index (κ3) is 16.2. The van der Waals surface area contributed by atoms with Gasteiger partial charge in [-0.15, -0.1) is 0 Å². The van der Waals surface area contributed by atoms with Crippen LogP contribution in [0.2, 0.25) is 0 Å². The number of carbonyl (C=O) groups is 1. The molecule has 0 saturated heterocycles. The number of unbranched alkanes of at least 4 members (excludes halogenated alkanes) is 5. The lowest BCUT2D eigenvalue weighted by atomic mass is 10.1.